The molecule has 110 valence electrons. The average molecular weight is 304 g/mol. The third-order valence-electron chi connectivity index (χ3n) is 2.66. The number of thiophene rings is 1. The molecule has 0 saturated heterocycles. The van der Waals surface area contributed by atoms with Crippen LogP contribution in [0.25, 0.3) is 0 Å². The van der Waals surface area contributed by atoms with Gasteiger partial charge < -0.3 is 14.8 Å². The molecule has 2 aromatic rings. The van der Waals surface area contributed by atoms with E-state index in [0.717, 1.165) is 10.4 Å². The summed E-state index contributed by atoms with van der Waals surface area (Å²) in [4.78, 5) is 17.0. The summed E-state index contributed by atoms with van der Waals surface area (Å²) in [5.41, 5.74) is 1.48. The van der Waals surface area contributed by atoms with E-state index in [2.05, 4.69) is 22.1 Å². The number of aryl methyl sites for hydroxylation is 2. The first-order valence-corrected chi connectivity index (χ1v) is 7.37. The van der Waals surface area contributed by atoms with Gasteiger partial charge in [-0.3, -0.25) is 4.79 Å². The fourth-order valence-electron chi connectivity index (χ4n) is 1.75. The normalized spacial score (nSPS) is 10.0. The van der Waals surface area contributed by atoms with Gasteiger partial charge in [0.05, 0.1) is 18.8 Å². The van der Waals surface area contributed by atoms with E-state index in [-0.39, 0.29) is 18.3 Å². The van der Waals surface area contributed by atoms with E-state index < -0.39 is 0 Å². The first-order chi connectivity index (χ1) is 10.1. The number of nitrogens with one attached hydrogen (secondary N) is 1. The van der Waals surface area contributed by atoms with Gasteiger partial charge >= 0.3 is 0 Å². The zero-order valence-corrected chi connectivity index (χ0v) is 12.7. The minimum absolute atomic E-state index is 0.0655. The first-order valence-electron chi connectivity index (χ1n) is 6.49. The first kappa shape index (κ1) is 15.3. The molecule has 2 N–H and O–H groups in total. The molecule has 0 atom stereocenters. The van der Waals surface area contributed by atoms with Crippen LogP contribution in [0.15, 0.2) is 15.9 Å². The summed E-state index contributed by atoms with van der Waals surface area (Å²) < 4.78 is 5.27. The van der Waals surface area contributed by atoms with E-state index >= 15 is 0 Å². The number of amides is 1. The van der Waals surface area contributed by atoms with Gasteiger partial charge in [0.15, 0.2) is 5.89 Å². The quantitative estimate of drug-likeness (QED) is 0.847. The lowest BCUT2D eigenvalue weighted by Crippen LogP contribution is -2.22. The zero-order valence-electron chi connectivity index (χ0n) is 11.9. The van der Waals surface area contributed by atoms with Gasteiger partial charge in [0.1, 0.15) is 0 Å². The highest BCUT2D eigenvalue weighted by Gasteiger charge is 2.15. The molecular formula is C15H16N2O3S. The Bertz CT molecular complexity index is 691. The molecule has 0 aliphatic rings. The van der Waals surface area contributed by atoms with Gasteiger partial charge in [0.2, 0.25) is 5.76 Å². The van der Waals surface area contributed by atoms with Crippen molar-refractivity contribution in [1.29, 1.82) is 0 Å². The lowest BCUT2D eigenvalue weighted by atomic mass is 10.3. The van der Waals surface area contributed by atoms with Gasteiger partial charge in [-0.15, -0.1) is 11.3 Å². The number of aromatic nitrogens is 1. The Balaban J connectivity index is 1.93. The Kier molecular flexibility index (Phi) is 5.14. The van der Waals surface area contributed by atoms with Crippen molar-refractivity contribution in [3.63, 3.8) is 0 Å². The predicted molar refractivity (Wildman–Crippen MR) is 80.0 cm³/mol. The Morgan fingerprint density at radius 1 is 1.52 bits per heavy atom. The van der Waals surface area contributed by atoms with Crippen LogP contribution in [0.2, 0.25) is 0 Å². The summed E-state index contributed by atoms with van der Waals surface area (Å²) >= 11 is 1.53. The van der Waals surface area contributed by atoms with E-state index in [1.54, 1.807) is 13.8 Å². The highest BCUT2D eigenvalue weighted by molar-refractivity contribution is 7.10. The molecule has 1 amide bonds. The summed E-state index contributed by atoms with van der Waals surface area (Å²) in [6.07, 6.45) is 0.464. The van der Waals surface area contributed by atoms with Crippen molar-refractivity contribution in [2.24, 2.45) is 0 Å². The fraction of sp³-hybridized carbons (Fsp3) is 0.333. The summed E-state index contributed by atoms with van der Waals surface area (Å²) in [6.45, 7) is 3.94. The van der Waals surface area contributed by atoms with Crippen molar-refractivity contribution in [2.75, 3.05) is 6.61 Å². The number of nitrogens with zero attached hydrogens (tertiary/aromatic N) is 1. The fourth-order valence-corrected chi connectivity index (χ4v) is 2.50. The molecule has 0 aliphatic carbocycles. The van der Waals surface area contributed by atoms with Crippen LogP contribution in [0.1, 0.15) is 39.0 Å². The largest absolute Gasteiger partial charge is 0.436 e. The molecule has 0 aromatic carbocycles. The predicted octanol–water partition coefficient (Wildman–Crippen LogP) is 2.02. The van der Waals surface area contributed by atoms with Gasteiger partial charge in [0, 0.05) is 29.2 Å². The van der Waals surface area contributed by atoms with Crippen LogP contribution in [0.5, 0.6) is 0 Å². The molecule has 0 bridgehead atoms. The number of rotatable bonds is 4. The van der Waals surface area contributed by atoms with Crippen molar-refractivity contribution in [1.82, 2.24) is 10.3 Å². The van der Waals surface area contributed by atoms with Crippen LogP contribution >= 0.6 is 11.3 Å². The van der Waals surface area contributed by atoms with Crippen molar-refractivity contribution in [3.8, 4) is 11.8 Å². The molecule has 0 aliphatic heterocycles. The second-order valence-corrected chi connectivity index (χ2v) is 5.40. The number of hydrogen-bond donors (Lipinski definition) is 2. The molecule has 0 saturated carbocycles. The lowest BCUT2D eigenvalue weighted by Gasteiger charge is -2.00. The van der Waals surface area contributed by atoms with Gasteiger partial charge in [0.25, 0.3) is 5.91 Å². The molecule has 0 unspecified atom stereocenters. The molecule has 2 rings (SSSR count). The molecule has 2 heterocycles. The topological polar surface area (TPSA) is 75.4 Å². The number of aliphatic hydroxyl groups excluding tert-OH is 1. The van der Waals surface area contributed by atoms with E-state index in [4.69, 9.17) is 9.52 Å². The Morgan fingerprint density at radius 2 is 2.33 bits per heavy atom. The van der Waals surface area contributed by atoms with Crippen molar-refractivity contribution >= 4 is 17.2 Å². The van der Waals surface area contributed by atoms with Gasteiger partial charge in [-0.05, 0) is 13.0 Å². The van der Waals surface area contributed by atoms with E-state index in [1.165, 1.54) is 11.3 Å². The lowest BCUT2D eigenvalue weighted by molar-refractivity contribution is 0.0921. The van der Waals surface area contributed by atoms with Crippen LogP contribution in [-0.2, 0) is 6.54 Å². The highest BCUT2D eigenvalue weighted by Crippen LogP contribution is 2.14. The third kappa shape index (κ3) is 4.18. The number of aliphatic hydroxyl groups is 1. The molecule has 21 heavy (non-hydrogen) atoms. The Labute approximate surface area is 127 Å². The van der Waals surface area contributed by atoms with E-state index in [0.29, 0.717) is 24.6 Å². The molecule has 5 nitrogen and oxygen atoms in total. The van der Waals surface area contributed by atoms with Gasteiger partial charge in [-0.2, -0.15) is 0 Å². The summed E-state index contributed by atoms with van der Waals surface area (Å²) in [5, 5.41) is 13.4. The molecule has 0 radical (unpaired) electrons. The average Bonchev–Trinajstić information content (AvgIpc) is 3.03. The smallest absolute Gasteiger partial charge is 0.289 e. The maximum atomic E-state index is 12.0. The molecule has 0 fully saturated rings. The number of carbonyl (C=O) groups excluding carboxylic acids is 1. The summed E-state index contributed by atoms with van der Waals surface area (Å²) in [5.74, 6) is 6.29. The second kappa shape index (κ2) is 7.07. The van der Waals surface area contributed by atoms with Crippen LogP contribution in [0.3, 0.4) is 0 Å². The Morgan fingerprint density at radius 3 is 3.00 bits per heavy atom. The van der Waals surface area contributed by atoms with Crippen molar-refractivity contribution in [2.45, 2.75) is 26.8 Å². The van der Waals surface area contributed by atoms with E-state index in [1.807, 2.05) is 11.4 Å². The number of oxazole rings is 1. The zero-order chi connectivity index (χ0) is 15.2. The van der Waals surface area contributed by atoms with Crippen molar-refractivity contribution < 1.29 is 14.3 Å². The van der Waals surface area contributed by atoms with E-state index in [9.17, 15) is 4.79 Å². The Hall–Kier alpha value is -2.10. The maximum absolute atomic E-state index is 12.0. The second-order valence-electron chi connectivity index (χ2n) is 4.41. The van der Waals surface area contributed by atoms with Crippen LogP contribution < -0.4 is 5.32 Å². The molecular weight excluding hydrogens is 288 g/mol. The SMILES string of the molecule is Cc1nc(C)c(C(=O)NCc2cc(C#CCCO)cs2)o1. The summed E-state index contributed by atoms with van der Waals surface area (Å²) in [7, 11) is 0. The highest BCUT2D eigenvalue weighted by atomic mass is 32.1. The van der Waals surface area contributed by atoms with Crippen molar-refractivity contribution in [3.05, 3.63) is 39.2 Å². The molecule has 2 aromatic heterocycles. The molecule has 0 spiro atoms. The standard InChI is InChI=1S/C15H16N2O3S/c1-10-14(20-11(2)17-10)15(19)16-8-13-7-12(9-21-13)5-3-4-6-18/h7,9,18H,4,6,8H2,1-2H3,(H,16,19). The molecule has 6 heteroatoms. The minimum Gasteiger partial charge on any atom is -0.436 e. The monoisotopic (exact) mass is 304 g/mol. The minimum atomic E-state index is -0.269. The van der Waals surface area contributed by atoms with Crippen LogP contribution in [0, 0.1) is 25.7 Å². The number of hydrogen-bond acceptors (Lipinski definition) is 5. The maximum Gasteiger partial charge on any atom is 0.289 e. The third-order valence-corrected chi connectivity index (χ3v) is 3.59. The van der Waals surface area contributed by atoms with Gasteiger partial charge in [-0.1, -0.05) is 11.8 Å². The summed E-state index contributed by atoms with van der Waals surface area (Å²) in [6, 6.07) is 1.92. The van der Waals surface area contributed by atoms with Gasteiger partial charge in [-0.25, -0.2) is 4.98 Å². The van der Waals surface area contributed by atoms with Crippen LogP contribution in [-0.4, -0.2) is 22.6 Å². The van der Waals surface area contributed by atoms with Crippen LogP contribution in [0.4, 0.5) is 0 Å². The number of carbonyl (C=O) groups is 1.